The minimum absolute atomic E-state index is 0.0201. The molecule has 1 saturated heterocycles. The Balaban J connectivity index is 1.52. The van der Waals surface area contributed by atoms with E-state index in [1.165, 1.54) is 0 Å². The van der Waals surface area contributed by atoms with E-state index in [0.29, 0.717) is 31.5 Å². The molecule has 5 heteroatoms. The van der Waals surface area contributed by atoms with Crippen molar-refractivity contribution in [2.75, 3.05) is 13.1 Å². The number of amides is 2. The Kier molecular flexibility index (Phi) is 6.94. The Bertz CT molecular complexity index is 921. The van der Waals surface area contributed by atoms with Crippen LogP contribution < -0.4 is 5.32 Å². The van der Waals surface area contributed by atoms with Gasteiger partial charge in [-0.25, -0.2) is 0 Å². The van der Waals surface area contributed by atoms with Crippen LogP contribution in [-0.2, 0) is 10.2 Å². The predicted molar refractivity (Wildman–Crippen MR) is 122 cm³/mol. The Morgan fingerprint density at radius 3 is 2.03 bits per heavy atom. The number of nitrogens with zero attached hydrogens (tertiary/aromatic N) is 1. The van der Waals surface area contributed by atoms with Crippen molar-refractivity contribution < 1.29 is 14.4 Å². The van der Waals surface area contributed by atoms with Crippen LogP contribution >= 0.6 is 0 Å². The van der Waals surface area contributed by atoms with Crippen LogP contribution in [0.5, 0.6) is 0 Å². The second kappa shape index (κ2) is 9.46. The summed E-state index contributed by atoms with van der Waals surface area (Å²) in [4.78, 5) is 39.8. The van der Waals surface area contributed by atoms with Gasteiger partial charge in [0.1, 0.15) is 6.04 Å². The molecule has 0 radical (unpaired) electrons. The number of likely N-dealkylation sites (tertiary alicyclic amines) is 1. The molecule has 3 rings (SSSR count). The lowest BCUT2D eigenvalue weighted by molar-refractivity contribution is -0.134. The lowest BCUT2D eigenvalue weighted by Gasteiger charge is -2.33. The highest BCUT2D eigenvalue weighted by atomic mass is 16.2. The first-order chi connectivity index (χ1) is 14.7. The van der Waals surface area contributed by atoms with Crippen molar-refractivity contribution in [3.05, 3.63) is 71.3 Å². The van der Waals surface area contributed by atoms with E-state index < -0.39 is 6.04 Å². The smallest absolute Gasteiger partial charge is 0.251 e. The summed E-state index contributed by atoms with van der Waals surface area (Å²) in [5.41, 5.74) is 2.44. The largest absolute Gasteiger partial charge is 0.341 e. The van der Waals surface area contributed by atoms with Gasteiger partial charge in [0.2, 0.25) is 5.91 Å². The van der Waals surface area contributed by atoms with E-state index in [2.05, 4.69) is 26.1 Å². The molecule has 0 spiro atoms. The first-order valence-corrected chi connectivity index (χ1v) is 11.0. The number of piperidine rings is 1. The van der Waals surface area contributed by atoms with Gasteiger partial charge in [0.05, 0.1) is 0 Å². The van der Waals surface area contributed by atoms with Crippen LogP contribution in [0.3, 0.4) is 0 Å². The summed E-state index contributed by atoms with van der Waals surface area (Å²) < 4.78 is 0. The number of hydrogen-bond acceptors (Lipinski definition) is 3. The number of nitrogens with one attached hydrogen (secondary N) is 1. The summed E-state index contributed by atoms with van der Waals surface area (Å²) in [7, 11) is 0. The Hall–Kier alpha value is -2.95. The van der Waals surface area contributed by atoms with Crippen LogP contribution in [-0.4, -0.2) is 41.6 Å². The molecule has 31 heavy (non-hydrogen) atoms. The van der Waals surface area contributed by atoms with E-state index >= 15 is 0 Å². The van der Waals surface area contributed by atoms with Crippen molar-refractivity contribution in [3.63, 3.8) is 0 Å². The third kappa shape index (κ3) is 5.60. The van der Waals surface area contributed by atoms with Crippen molar-refractivity contribution in [1.82, 2.24) is 10.2 Å². The monoisotopic (exact) mass is 420 g/mol. The molecule has 1 atom stereocenters. The van der Waals surface area contributed by atoms with Crippen LogP contribution in [0, 0.1) is 5.92 Å². The van der Waals surface area contributed by atoms with Crippen molar-refractivity contribution in [2.24, 2.45) is 5.92 Å². The van der Waals surface area contributed by atoms with Crippen molar-refractivity contribution in [1.29, 1.82) is 0 Å². The summed E-state index contributed by atoms with van der Waals surface area (Å²) in [6.07, 6.45) is 1.29. The van der Waals surface area contributed by atoms with E-state index in [1.54, 1.807) is 24.0 Å². The highest BCUT2D eigenvalue weighted by Crippen LogP contribution is 2.23. The molecule has 1 fully saturated rings. The zero-order chi connectivity index (χ0) is 22.6. The average Bonchev–Trinajstić information content (AvgIpc) is 2.78. The van der Waals surface area contributed by atoms with Crippen molar-refractivity contribution in [2.45, 2.75) is 52.0 Å². The molecule has 5 nitrogen and oxygen atoms in total. The van der Waals surface area contributed by atoms with Crippen molar-refractivity contribution >= 4 is 17.6 Å². The van der Waals surface area contributed by atoms with Crippen LogP contribution in [0.25, 0.3) is 0 Å². The molecule has 1 aliphatic heterocycles. The van der Waals surface area contributed by atoms with Gasteiger partial charge in [-0.1, -0.05) is 63.2 Å². The van der Waals surface area contributed by atoms with E-state index in [0.717, 1.165) is 11.1 Å². The van der Waals surface area contributed by atoms with E-state index in [9.17, 15) is 14.4 Å². The summed E-state index contributed by atoms with van der Waals surface area (Å²) >= 11 is 0. The van der Waals surface area contributed by atoms with E-state index in [4.69, 9.17) is 0 Å². The van der Waals surface area contributed by atoms with Crippen LogP contribution in [0.2, 0.25) is 0 Å². The summed E-state index contributed by atoms with van der Waals surface area (Å²) in [6, 6.07) is 16.2. The van der Waals surface area contributed by atoms with Gasteiger partial charge < -0.3 is 10.2 Å². The van der Waals surface area contributed by atoms with Crippen molar-refractivity contribution in [3.8, 4) is 0 Å². The van der Waals surface area contributed by atoms with Crippen LogP contribution in [0.15, 0.2) is 54.6 Å². The first-order valence-electron chi connectivity index (χ1n) is 11.0. The van der Waals surface area contributed by atoms with Gasteiger partial charge in [-0.15, -0.1) is 0 Å². The Morgan fingerprint density at radius 2 is 1.48 bits per heavy atom. The fourth-order valence-corrected chi connectivity index (χ4v) is 3.94. The minimum atomic E-state index is -0.615. The molecule has 0 saturated carbocycles. The molecule has 0 bridgehead atoms. The maximum atomic E-state index is 12.8. The number of hydrogen-bond donors (Lipinski definition) is 1. The number of rotatable bonds is 5. The molecule has 0 aliphatic carbocycles. The van der Waals surface area contributed by atoms with Gasteiger partial charge in [-0.2, -0.15) is 0 Å². The standard InChI is InChI=1S/C26H32N2O3/c1-18(27-24(30)21-10-12-22(13-11-21)26(2,3)4)25(31)28-16-14-20(15-17-28)23(29)19-8-6-5-7-9-19/h5-13,18,20H,14-17H2,1-4H3,(H,27,30). The number of Topliss-reactive ketones (excluding diaryl/α,β-unsaturated/α-hetero) is 1. The normalized spacial score (nSPS) is 15.9. The second-order valence-electron chi connectivity index (χ2n) is 9.35. The molecule has 2 aromatic rings. The second-order valence-corrected chi connectivity index (χ2v) is 9.35. The average molecular weight is 421 g/mol. The molecule has 1 heterocycles. The fraction of sp³-hybridized carbons (Fsp3) is 0.423. The number of ketones is 1. The number of carbonyl (C=O) groups is 3. The van der Waals surface area contributed by atoms with Crippen LogP contribution in [0.4, 0.5) is 0 Å². The van der Waals surface area contributed by atoms with Gasteiger partial charge >= 0.3 is 0 Å². The van der Waals surface area contributed by atoms with E-state index in [1.807, 2.05) is 42.5 Å². The van der Waals surface area contributed by atoms with E-state index in [-0.39, 0.29) is 28.9 Å². The first kappa shape index (κ1) is 22.7. The molecular formula is C26H32N2O3. The molecule has 164 valence electrons. The van der Waals surface area contributed by atoms with Gasteiger partial charge in [0, 0.05) is 30.1 Å². The third-order valence-corrected chi connectivity index (χ3v) is 5.97. The molecule has 1 N–H and O–H groups in total. The maximum Gasteiger partial charge on any atom is 0.251 e. The third-order valence-electron chi connectivity index (χ3n) is 5.97. The summed E-state index contributed by atoms with van der Waals surface area (Å²) in [5, 5.41) is 2.81. The zero-order valence-corrected chi connectivity index (χ0v) is 18.9. The minimum Gasteiger partial charge on any atom is -0.341 e. The van der Waals surface area contributed by atoms with Gasteiger partial charge in [0.25, 0.3) is 5.91 Å². The van der Waals surface area contributed by atoms with Gasteiger partial charge in [-0.05, 0) is 42.9 Å². The SMILES string of the molecule is CC(NC(=O)c1ccc(C(C)(C)C)cc1)C(=O)N1CCC(C(=O)c2ccccc2)CC1. The lowest BCUT2D eigenvalue weighted by Crippen LogP contribution is -2.49. The number of benzene rings is 2. The van der Waals surface area contributed by atoms with Crippen LogP contribution in [0.1, 0.15) is 66.8 Å². The molecule has 1 unspecified atom stereocenters. The van der Waals surface area contributed by atoms with Gasteiger partial charge in [0.15, 0.2) is 5.78 Å². The molecule has 1 aliphatic rings. The lowest BCUT2D eigenvalue weighted by atomic mass is 9.86. The zero-order valence-electron chi connectivity index (χ0n) is 18.9. The summed E-state index contributed by atoms with van der Waals surface area (Å²) in [6.45, 7) is 9.15. The number of carbonyl (C=O) groups excluding carboxylic acids is 3. The maximum absolute atomic E-state index is 12.8. The fourth-order valence-electron chi connectivity index (χ4n) is 3.94. The predicted octanol–water partition coefficient (Wildman–Crippen LogP) is 4.22. The molecule has 2 amide bonds. The van der Waals surface area contributed by atoms with Gasteiger partial charge in [-0.3, -0.25) is 14.4 Å². The highest BCUT2D eigenvalue weighted by molar-refractivity contribution is 5.98. The topological polar surface area (TPSA) is 66.5 Å². The Labute approximate surface area is 184 Å². The quantitative estimate of drug-likeness (QED) is 0.737. The molecule has 0 aromatic heterocycles. The highest BCUT2D eigenvalue weighted by Gasteiger charge is 2.30. The molecular weight excluding hydrogens is 388 g/mol. The summed E-state index contributed by atoms with van der Waals surface area (Å²) in [5.74, 6) is -0.272. The molecule has 2 aromatic carbocycles. The Morgan fingerprint density at radius 1 is 0.903 bits per heavy atom.